The zero-order valence-corrected chi connectivity index (χ0v) is 10.2. The van der Waals surface area contributed by atoms with Crippen LogP contribution in [0.1, 0.15) is 25.7 Å². The Bertz CT molecular complexity index is 364. The number of rotatable bonds is 3. The summed E-state index contributed by atoms with van der Waals surface area (Å²) >= 11 is 0. The lowest BCUT2D eigenvalue weighted by molar-refractivity contribution is 0.326. The predicted octanol–water partition coefficient (Wildman–Crippen LogP) is -0.333. The molecular weight excluding hydrogens is 226 g/mol. The highest BCUT2D eigenvalue weighted by molar-refractivity contribution is 7.87. The molecule has 2 N–H and O–H groups in total. The number of hydrogen-bond donors (Lipinski definition) is 2. The van der Waals surface area contributed by atoms with Gasteiger partial charge in [0.2, 0.25) is 0 Å². The van der Waals surface area contributed by atoms with Crippen LogP contribution in [0.25, 0.3) is 0 Å². The van der Waals surface area contributed by atoms with Gasteiger partial charge < -0.3 is 5.32 Å². The van der Waals surface area contributed by atoms with Crippen LogP contribution in [0.2, 0.25) is 0 Å². The Morgan fingerprint density at radius 2 is 2.12 bits per heavy atom. The first-order chi connectivity index (χ1) is 7.65. The van der Waals surface area contributed by atoms with Gasteiger partial charge in [-0.2, -0.15) is 17.4 Å². The van der Waals surface area contributed by atoms with Gasteiger partial charge in [0.15, 0.2) is 0 Å². The summed E-state index contributed by atoms with van der Waals surface area (Å²) in [5.74, 6) is 0.614. The minimum Gasteiger partial charge on any atom is -0.315 e. The fourth-order valence-electron chi connectivity index (χ4n) is 3.21. The van der Waals surface area contributed by atoms with Crippen LogP contribution >= 0.6 is 0 Å². The highest BCUT2D eigenvalue weighted by Crippen LogP contribution is 2.38. The number of nitrogens with zero attached hydrogens (tertiary/aromatic N) is 1. The van der Waals surface area contributed by atoms with E-state index >= 15 is 0 Å². The maximum absolute atomic E-state index is 12.2. The van der Waals surface area contributed by atoms with Crippen LogP contribution in [0.15, 0.2) is 0 Å². The lowest BCUT2D eigenvalue weighted by Gasteiger charge is -2.27. The molecule has 0 aromatic heterocycles. The first-order valence-corrected chi connectivity index (χ1v) is 7.59. The van der Waals surface area contributed by atoms with Gasteiger partial charge in [0.25, 0.3) is 10.2 Å². The summed E-state index contributed by atoms with van der Waals surface area (Å²) in [4.78, 5) is 0. The second kappa shape index (κ2) is 3.94. The Kier molecular flexibility index (Phi) is 2.70. The first-order valence-electron chi connectivity index (χ1n) is 6.15. The van der Waals surface area contributed by atoms with E-state index in [2.05, 4.69) is 10.0 Å². The summed E-state index contributed by atoms with van der Waals surface area (Å²) in [5.41, 5.74) is 0. The van der Waals surface area contributed by atoms with E-state index in [0.717, 1.165) is 38.9 Å². The average Bonchev–Trinajstić information content (AvgIpc) is 2.91. The van der Waals surface area contributed by atoms with E-state index in [4.69, 9.17) is 0 Å². The zero-order valence-electron chi connectivity index (χ0n) is 9.35. The minimum absolute atomic E-state index is 0.0872. The lowest BCUT2D eigenvalue weighted by atomic mass is 10.1. The van der Waals surface area contributed by atoms with Gasteiger partial charge in [-0.15, -0.1) is 0 Å². The van der Waals surface area contributed by atoms with Crippen molar-refractivity contribution in [1.29, 1.82) is 0 Å². The molecule has 6 heteroatoms. The van der Waals surface area contributed by atoms with E-state index in [1.165, 1.54) is 6.42 Å². The molecule has 5 nitrogen and oxygen atoms in total. The molecule has 2 bridgehead atoms. The average molecular weight is 245 g/mol. The third kappa shape index (κ3) is 1.88. The van der Waals surface area contributed by atoms with Crippen molar-refractivity contribution in [3.63, 3.8) is 0 Å². The van der Waals surface area contributed by atoms with Crippen molar-refractivity contribution in [2.45, 2.75) is 37.8 Å². The Hall–Kier alpha value is -0.170. The molecule has 1 saturated carbocycles. The van der Waals surface area contributed by atoms with E-state index in [1.54, 1.807) is 4.31 Å². The van der Waals surface area contributed by atoms with Gasteiger partial charge >= 0.3 is 0 Å². The van der Waals surface area contributed by atoms with Gasteiger partial charge in [0.05, 0.1) is 0 Å². The van der Waals surface area contributed by atoms with E-state index < -0.39 is 10.2 Å². The molecule has 2 aliphatic heterocycles. The smallest absolute Gasteiger partial charge is 0.280 e. The molecule has 0 aromatic carbocycles. The second-order valence-corrected chi connectivity index (χ2v) is 6.87. The molecule has 3 rings (SSSR count). The lowest BCUT2D eigenvalue weighted by Crippen LogP contribution is -2.48. The number of nitrogens with one attached hydrogen (secondary N) is 2. The van der Waals surface area contributed by atoms with Gasteiger partial charge in [-0.25, -0.2) is 0 Å². The molecule has 1 aliphatic carbocycles. The van der Waals surface area contributed by atoms with Crippen molar-refractivity contribution >= 4 is 10.2 Å². The predicted molar refractivity (Wildman–Crippen MR) is 61.2 cm³/mol. The fourth-order valence-corrected chi connectivity index (χ4v) is 4.96. The van der Waals surface area contributed by atoms with Gasteiger partial charge in [-0.1, -0.05) is 0 Å². The Morgan fingerprint density at radius 1 is 1.25 bits per heavy atom. The van der Waals surface area contributed by atoms with Gasteiger partial charge in [0, 0.05) is 25.2 Å². The van der Waals surface area contributed by atoms with Crippen LogP contribution in [0.3, 0.4) is 0 Å². The maximum atomic E-state index is 12.2. The molecule has 2 saturated heterocycles. The standard InChI is InChI=1S/C10H19N3O2S/c14-16(15,12-9-3-4-11-6-9)13-7-8-1-2-10(13)5-8/h8-12H,1-7H2. The van der Waals surface area contributed by atoms with Crippen molar-refractivity contribution in [1.82, 2.24) is 14.3 Å². The summed E-state index contributed by atoms with van der Waals surface area (Å²) in [6, 6.07) is 0.362. The van der Waals surface area contributed by atoms with E-state index in [1.807, 2.05) is 0 Å². The Balaban J connectivity index is 1.68. The normalized spacial score (nSPS) is 39.6. The van der Waals surface area contributed by atoms with E-state index in [0.29, 0.717) is 5.92 Å². The second-order valence-electron chi connectivity index (χ2n) is 5.22. The fraction of sp³-hybridized carbons (Fsp3) is 1.00. The van der Waals surface area contributed by atoms with E-state index in [-0.39, 0.29) is 12.1 Å². The molecule has 3 atom stereocenters. The molecule has 0 radical (unpaired) electrons. The van der Waals surface area contributed by atoms with Crippen LogP contribution in [0, 0.1) is 5.92 Å². The molecule has 0 spiro atoms. The number of fused-ring (bicyclic) bond motifs is 2. The molecule has 3 unspecified atom stereocenters. The molecule has 0 aromatic rings. The summed E-state index contributed by atoms with van der Waals surface area (Å²) in [6.07, 6.45) is 4.24. The minimum atomic E-state index is -3.23. The highest BCUT2D eigenvalue weighted by atomic mass is 32.2. The largest absolute Gasteiger partial charge is 0.315 e. The number of hydrogen-bond acceptors (Lipinski definition) is 3. The molecule has 0 amide bonds. The van der Waals surface area contributed by atoms with Crippen LogP contribution in [0.5, 0.6) is 0 Å². The third-order valence-corrected chi connectivity index (χ3v) is 5.74. The summed E-state index contributed by atoms with van der Waals surface area (Å²) in [6.45, 7) is 2.42. The summed E-state index contributed by atoms with van der Waals surface area (Å²) in [7, 11) is -3.23. The molecule has 2 heterocycles. The molecule has 3 aliphatic rings. The van der Waals surface area contributed by atoms with Crippen molar-refractivity contribution < 1.29 is 8.42 Å². The molecular formula is C10H19N3O2S. The highest BCUT2D eigenvalue weighted by Gasteiger charge is 2.44. The van der Waals surface area contributed by atoms with Crippen molar-refractivity contribution in [3.05, 3.63) is 0 Å². The van der Waals surface area contributed by atoms with Crippen molar-refractivity contribution in [3.8, 4) is 0 Å². The summed E-state index contributed by atoms with van der Waals surface area (Å²) < 4.78 is 28.8. The van der Waals surface area contributed by atoms with Crippen molar-refractivity contribution in [2.24, 2.45) is 5.92 Å². The monoisotopic (exact) mass is 245 g/mol. The molecule has 3 fully saturated rings. The molecule has 92 valence electrons. The Labute approximate surface area is 96.8 Å². The topological polar surface area (TPSA) is 61.4 Å². The van der Waals surface area contributed by atoms with E-state index in [9.17, 15) is 8.42 Å². The third-order valence-electron chi connectivity index (χ3n) is 4.04. The van der Waals surface area contributed by atoms with Gasteiger partial charge in [0.1, 0.15) is 0 Å². The maximum Gasteiger partial charge on any atom is 0.280 e. The quantitative estimate of drug-likeness (QED) is 0.715. The first kappa shape index (κ1) is 11.0. The van der Waals surface area contributed by atoms with Crippen molar-refractivity contribution in [2.75, 3.05) is 19.6 Å². The van der Waals surface area contributed by atoms with Crippen LogP contribution in [-0.2, 0) is 10.2 Å². The number of piperidine rings is 1. The zero-order chi connectivity index (χ0) is 11.2. The van der Waals surface area contributed by atoms with Gasteiger partial charge in [-0.05, 0) is 38.1 Å². The molecule has 16 heavy (non-hydrogen) atoms. The van der Waals surface area contributed by atoms with Crippen LogP contribution in [-0.4, -0.2) is 44.4 Å². The van der Waals surface area contributed by atoms with Crippen LogP contribution < -0.4 is 10.0 Å². The SMILES string of the molecule is O=S(=O)(NC1CCNC1)N1CC2CCC1C2. The van der Waals surface area contributed by atoms with Crippen LogP contribution in [0.4, 0.5) is 0 Å². The van der Waals surface area contributed by atoms with Gasteiger partial charge in [-0.3, -0.25) is 0 Å². The Morgan fingerprint density at radius 3 is 2.69 bits per heavy atom. The summed E-state index contributed by atoms with van der Waals surface area (Å²) in [5, 5.41) is 3.17.